The normalized spacial score (nSPS) is 23.4. The van der Waals surface area contributed by atoms with E-state index >= 15 is 0 Å². The van der Waals surface area contributed by atoms with Crippen LogP contribution in [-0.4, -0.2) is 67.6 Å². The Morgan fingerprint density at radius 2 is 1.32 bits per heavy atom. The van der Waals surface area contributed by atoms with Crippen LogP contribution in [0.5, 0.6) is 0 Å². The predicted molar refractivity (Wildman–Crippen MR) is 137 cm³/mol. The van der Waals surface area contributed by atoms with Crippen LogP contribution in [0.3, 0.4) is 0 Å². The number of hydrogen-bond donors (Lipinski definition) is 4. The molecule has 11 heteroatoms. The van der Waals surface area contributed by atoms with E-state index in [9.17, 15) is 28.2 Å². The Bertz CT molecular complexity index is 1350. The first-order chi connectivity index (χ1) is 18.2. The van der Waals surface area contributed by atoms with Gasteiger partial charge in [-0.2, -0.15) is 8.42 Å². The molecule has 3 aromatic carbocycles. The minimum absolute atomic E-state index is 0.0871. The largest absolute Gasteiger partial charge is 0.388 e. The maximum Gasteiger partial charge on any atom is 0.297 e. The van der Waals surface area contributed by atoms with Gasteiger partial charge in [0.2, 0.25) is 0 Å². The van der Waals surface area contributed by atoms with Crippen molar-refractivity contribution in [1.82, 2.24) is 10.6 Å². The van der Waals surface area contributed by atoms with Crippen LogP contribution >= 0.6 is 0 Å². The molecule has 4 rings (SSSR count). The Kier molecular flexibility index (Phi) is 8.55. The molecule has 1 aliphatic rings. The molecule has 0 unspecified atom stereocenters. The highest BCUT2D eigenvalue weighted by Crippen LogP contribution is 2.23. The lowest BCUT2D eigenvalue weighted by atomic mass is 9.93. The van der Waals surface area contributed by atoms with E-state index in [2.05, 4.69) is 10.6 Å². The van der Waals surface area contributed by atoms with E-state index in [1.165, 1.54) is 12.1 Å². The first-order valence-corrected chi connectivity index (χ1v) is 13.3. The molecule has 5 atom stereocenters. The lowest BCUT2D eigenvalue weighted by Gasteiger charge is -2.43. The maximum atomic E-state index is 12.9. The Hall–Kier alpha value is -3.61. The Morgan fingerprint density at radius 3 is 1.84 bits per heavy atom. The van der Waals surface area contributed by atoms with Crippen molar-refractivity contribution in [3.63, 3.8) is 0 Å². The van der Waals surface area contributed by atoms with Crippen molar-refractivity contribution in [3.05, 3.63) is 102 Å². The number of aliphatic hydroxyl groups is 2. The first-order valence-electron chi connectivity index (χ1n) is 11.9. The van der Waals surface area contributed by atoms with Gasteiger partial charge in [0.15, 0.2) is 6.29 Å². The fourth-order valence-electron chi connectivity index (χ4n) is 4.02. The quantitative estimate of drug-likeness (QED) is 0.313. The molecular weight excluding hydrogens is 512 g/mol. The summed E-state index contributed by atoms with van der Waals surface area (Å²) >= 11 is 0. The van der Waals surface area contributed by atoms with Crippen molar-refractivity contribution in [3.8, 4) is 0 Å². The van der Waals surface area contributed by atoms with Gasteiger partial charge in [0.05, 0.1) is 17.5 Å². The van der Waals surface area contributed by atoms with Crippen LogP contribution in [0, 0.1) is 6.92 Å². The molecule has 0 spiro atoms. The van der Waals surface area contributed by atoms with Gasteiger partial charge in [0.1, 0.15) is 18.2 Å². The molecule has 10 nitrogen and oxygen atoms in total. The van der Waals surface area contributed by atoms with E-state index in [1.54, 1.807) is 72.8 Å². The number of ether oxygens (including phenoxy) is 1. The number of hydrogen-bond acceptors (Lipinski definition) is 8. The second kappa shape index (κ2) is 11.8. The van der Waals surface area contributed by atoms with Gasteiger partial charge in [0, 0.05) is 11.1 Å². The van der Waals surface area contributed by atoms with E-state index < -0.39 is 59.1 Å². The van der Waals surface area contributed by atoms with E-state index in [4.69, 9.17) is 8.92 Å². The van der Waals surface area contributed by atoms with Crippen molar-refractivity contribution < 1.29 is 37.1 Å². The number of aryl methyl sites for hydroxylation is 1. The van der Waals surface area contributed by atoms with Gasteiger partial charge < -0.3 is 25.6 Å². The zero-order chi connectivity index (χ0) is 27.3. The molecule has 1 fully saturated rings. The van der Waals surface area contributed by atoms with Crippen LogP contribution in [0.25, 0.3) is 0 Å². The average Bonchev–Trinajstić information content (AvgIpc) is 2.92. The fraction of sp³-hybridized carbons (Fsp3) is 0.259. The summed E-state index contributed by atoms with van der Waals surface area (Å²) in [6.45, 7) is 1.16. The molecule has 4 N–H and O–H groups in total. The molecule has 3 aromatic rings. The SMILES string of the molecule is Cc1ccc(S(=O)(=O)OC[C@H]2O[C@@H](O)[C@H](NC(=O)c3ccccc3)[C@@H](NC(=O)c3ccccc3)[C@@H]2O)cc1. The minimum atomic E-state index is -4.20. The van der Waals surface area contributed by atoms with E-state index in [0.717, 1.165) is 5.56 Å². The van der Waals surface area contributed by atoms with Crippen LogP contribution in [0.1, 0.15) is 26.3 Å². The van der Waals surface area contributed by atoms with Gasteiger partial charge in [-0.15, -0.1) is 0 Å². The molecular formula is C27H28N2O8S. The third-order valence-corrected chi connectivity index (χ3v) is 7.42. The summed E-state index contributed by atoms with van der Waals surface area (Å²) in [6, 6.07) is 19.8. The minimum Gasteiger partial charge on any atom is -0.388 e. The van der Waals surface area contributed by atoms with E-state index in [1.807, 2.05) is 6.92 Å². The topological polar surface area (TPSA) is 151 Å². The summed E-state index contributed by atoms with van der Waals surface area (Å²) in [7, 11) is -4.20. The Morgan fingerprint density at radius 1 is 0.816 bits per heavy atom. The van der Waals surface area contributed by atoms with Gasteiger partial charge >= 0.3 is 0 Å². The van der Waals surface area contributed by atoms with E-state index in [-0.39, 0.29) is 16.0 Å². The molecule has 1 saturated heterocycles. The van der Waals surface area contributed by atoms with Gasteiger partial charge in [-0.05, 0) is 43.3 Å². The third kappa shape index (κ3) is 6.44. The van der Waals surface area contributed by atoms with Crippen LogP contribution in [-0.2, 0) is 19.0 Å². The number of nitrogens with one attached hydrogen (secondary N) is 2. The fourth-order valence-corrected chi connectivity index (χ4v) is 4.94. The summed E-state index contributed by atoms with van der Waals surface area (Å²) in [6.07, 6.45) is -4.61. The summed E-state index contributed by atoms with van der Waals surface area (Å²) in [5, 5.41) is 27.1. The number of carbonyl (C=O) groups excluding carboxylic acids is 2. The summed E-state index contributed by atoms with van der Waals surface area (Å²) in [4.78, 5) is 25.6. The highest BCUT2D eigenvalue weighted by Gasteiger charge is 2.46. The van der Waals surface area contributed by atoms with Crippen molar-refractivity contribution in [2.45, 2.75) is 42.4 Å². The molecule has 2 amide bonds. The monoisotopic (exact) mass is 540 g/mol. The molecule has 38 heavy (non-hydrogen) atoms. The molecule has 0 aromatic heterocycles. The van der Waals surface area contributed by atoms with Crippen molar-refractivity contribution in [2.24, 2.45) is 0 Å². The van der Waals surface area contributed by atoms with Crippen LogP contribution < -0.4 is 10.6 Å². The van der Waals surface area contributed by atoms with E-state index in [0.29, 0.717) is 0 Å². The molecule has 1 aliphatic heterocycles. The van der Waals surface area contributed by atoms with Crippen molar-refractivity contribution in [1.29, 1.82) is 0 Å². The third-order valence-electron chi connectivity index (χ3n) is 6.12. The van der Waals surface area contributed by atoms with Crippen LogP contribution in [0.4, 0.5) is 0 Å². The number of benzene rings is 3. The standard InChI is InChI=1S/C27H28N2O8S/c1-17-12-14-20(15-13-17)38(34,35)36-16-21-24(30)22(28-25(31)18-8-4-2-5-9-18)23(27(33)37-21)29-26(32)19-10-6-3-7-11-19/h2-15,21-24,27,30,33H,16H2,1H3,(H,28,31)(H,29,32)/t21-,22-,23-,24-,27-/m1/s1. The van der Waals surface area contributed by atoms with Crippen LogP contribution in [0.2, 0.25) is 0 Å². The Balaban J connectivity index is 1.54. The van der Waals surface area contributed by atoms with Crippen molar-refractivity contribution in [2.75, 3.05) is 6.61 Å². The zero-order valence-electron chi connectivity index (χ0n) is 20.4. The molecule has 0 bridgehead atoms. The summed E-state index contributed by atoms with van der Waals surface area (Å²) < 4.78 is 35.9. The molecule has 0 aliphatic carbocycles. The zero-order valence-corrected chi connectivity index (χ0v) is 21.2. The lowest BCUT2D eigenvalue weighted by molar-refractivity contribution is -0.226. The van der Waals surface area contributed by atoms with Crippen molar-refractivity contribution >= 4 is 21.9 Å². The number of carbonyl (C=O) groups is 2. The second-order valence-electron chi connectivity index (χ2n) is 8.84. The molecule has 1 heterocycles. The lowest BCUT2D eigenvalue weighted by Crippen LogP contribution is -2.69. The van der Waals surface area contributed by atoms with Gasteiger partial charge in [0.25, 0.3) is 21.9 Å². The first kappa shape index (κ1) is 27.4. The highest BCUT2D eigenvalue weighted by molar-refractivity contribution is 7.86. The summed E-state index contributed by atoms with van der Waals surface area (Å²) in [5.74, 6) is -1.14. The molecule has 0 radical (unpaired) electrons. The number of aliphatic hydroxyl groups excluding tert-OH is 2. The average molecular weight is 541 g/mol. The van der Waals surface area contributed by atoms with Crippen LogP contribution in [0.15, 0.2) is 89.8 Å². The maximum absolute atomic E-state index is 12.9. The second-order valence-corrected chi connectivity index (χ2v) is 10.5. The number of rotatable bonds is 8. The molecule has 200 valence electrons. The van der Waals surface area contributed by atoms with Gasteiger partial charge in [-0.3, -0.25) is 13.8 Å². The van der Waals surface area contributed by atoms with Gasteiger partial charge in [-0.1, -0.05) is 54.1 Å². The number of amides is 2. The molecule has 0 saturated carbocycles. The smallest absolute Gasteiger partial charge is 0.297 e. The highest BCUT2D eigenvalue weighted by atomic mass is 32.2. The van der Waals surface area contributed by atoms with Gasteiger partial charge in [-0.25, -0.2) is 0 Å². The summed E-state index contributed by atoms with van der Waals surface area (Å²) in [5.41, 5.74) is 1.43. The predicted octanol–water partition coefficient (Wildman–Crippen LogP) is 1.38. The Labute approximate surface area is 220 Å².